The first-order valence-electron chi connectivity index (χ1n) is 5.38. The minimum absolute atomic E-state index is 0.622. The van der Waals surface area contributed by atoms with Gasteiger partial charge in [-0.25, -0.2) is 4.98 Å². The molecule has 0 radical (unpaired) electrons. The van der Waals surface area contributed by atoms with Crippen LogP contribution in [0, 0.1) is 0 Å². The molecule has 2 N–H and O–H groups in total. The summed E-state index contributed by atoms with van der Waals surface area (Å²) in [5, 5.41) is 6.83. The van der Waals surface area contributed by atoms with Gasteiger partial charge in [-0.2, -0.15) is 0 Å². The van der Waals surface area contributed by atoms with Gasteiger partial charge in [-0.05, 0) is 26.3 Å². The van der Waals surface area contributed by atoms with E-state index in [9.17, 15) is 0 Å². The lowest BCUT2D eigenvalue weighted by molar-refractivity contribution is 0.626. The lowest BCUT2D eigenvalue weighted by Crippen LogP contribution is -2.30. The molecule has 2 heterocycles. The second-order valence-corrected chi connectivity index (χ2v) is 3.71. The molecule has 4 heteroatoms. The molecule has 0 aromatic carbocycles. The van der Waals surface area contributed by atoms with Crippen LogP contribution in [0.3, 0.4) is 0 Å². The lowest BCUT2D eigenvalue weighted by atomic mass is 10.2. The number of rotatable bonds is 4. The summed E-state index contributed by atoms with van der Waals surface area (Å²) in [7, 11) is 0. The van der Waals surface area contributed by atoms with Crippen LogP contribution >= 0.6 is 0 Å². The SMILES string of the molecule is CCn1ccnc1NCC1CCCN1. The van der Waals surface area contributed by atoms with Gasteiger partial charge in [0.05, 0.1) is 0 Å². The summed E-state index contributed by atoms with van der Waals surface area (Å²) < 4.78 is 2.12. The molecule has 1 saturated heterocycles. The van der Waals surface area contributed by atoms with Gasteiger partial charge in [0.15, 0.2) is 0 Å². The van der Waals surface area contributed by atoms with Crippen molar-refractivity contribution in [3.8, 4) is 0 Å². The van der Waals surface area contributed by atoms with E-state index in [0.29, 0.717) is 6.04 Å². The van der Waals surface area contributed by atoms with Crippen molar-refractivity contribution < 1.29 is 0 Å². The fourth-order valence-corrected chi connectivity index (χ4v) is 1.88. The molecule has 0 saturated carbocycles. The first-order valence-corrected chi connectivity index (χ1v) is 5.38. The van der Waals surface area contributed by atoms with Gasteiger partial charge in [0.1, 0.15) is 0 Å². The molecule has 0 amide bonds. The molecule has 0 bridgehead atoms. The van der Waals surface area contributed by atoms with Gasteiger partial charge in [-0.3, -0.25) is 0 Å². The van der Waals surface area contributed by atoms with Gasteiger partial charge in [0, 0.05) is 31.5 Å². The molecule has 1 aliphatic rings. The van der Waals surface area contributed by atoms with E-state index in [2.05, 4.69) is 27.1 Å². The monoisotopic (exact) mass is 194 g/mol. The highest BCUT2D eigenvalue weighted by Crippen LogP contribution is 2.08. The highest BCUT2D eigenvalue weighted by Gasteiger charge is 2.13. The number of anilines is 1. The Labute approximate surface area is 84.7 Å². The molecule has 14 heavy (non-hydrogen) atoms. The third kappa shape index (κ3) is 2.07. The Bertz CT molecular complexity index is 275. The Morgan fingerprint density at radius 1 is 1.71 bits per heavy atom. The van der Waals surface area contributed by atoms with Crippen molar-refractivity contribution >= 4 is 5.95 Å². The van der Waals surface area contributed by atoms with Gasteiger partial charge in [-0.1, -0.05) is 0 Å². The molecule has 1 fully saturated rings. The van der Waals surface area contributed by atoms with Crippen LogP contribution in [0.4, 0.5) is 5.95 Å². The van der Waals surface area contributed by atoms with E-state index in [1.807, 2.05) is 12.4 Å². The van der Waals surface area contributed by atoms with Crippen LogP contribution in [0.25, 0.3) is 0 Å². The van der Waals surface area contributed by atoms with Gasteiger partial charge < -0.3 is 15.2 Å². The van der Waals surface area contributed by atoms with Crippen molar-refractivity contribution in [3.05, 3.63) is 12.4 Å². The number of imidazole rings is 1. The quantitative estimate of drug-likeness (QED) is 0.753. The summed E-state index contributed by atoms with van der Waals surface area (Å²) in [6.07, 6.45) is 6.42. The smallest absolute Gasteiger partial charge is 0.202 e. The molecular weight excluding hydrogens is 176 g/mol. The summed E-state index contributed by atoms with van der Waals surface area (Å²) in [5.74, 6) is 0.987. The fraction of sp³-hybridized carbons (Fsp3) is 0.700. The maximum absolute atomic E-state index is 4.27. The zero-order chi connectivity index (χ0) is 9.80. The standard InChI is InChI=1S/C10H18N4/c1-2-14-7-6-12-10(14)13-8-9-4-3-5-11-9/h6-7,9,11H,2-5,8H2,1H3,(H,12,13). The third-order valence-corrected chi connectivity index (χ3v) is 2.73. The van der Waals surface area contributed by atoms with E-state index in [1.165, 1.54) is 12.8 Å². The average molecular weight is 194 g/mol. The average Bonchev–Trinajstić information content (AvgIpc) is 2.85. The topological polar surface area (TPSA) is 41.9 Å². The maximum atomic E-state index is 4.27. The predicted octanol–water partition coefficient (Wildman–Crippen LogP) is 1.07. The Hall–Kier alpha value is -1.03. The van der Waals surface area contributed by atoms with Crippen molar-refractivity contribution in [1.29, 1.82) is 0 Å². The number of hydrogen-bond donors (Lipinski definition) is 2. The number of aromatic nitrogens is 2. The zero-order valence-electron chi connectivity index (χ0n) is 8.66. The van der Waals surface area contributed by atoms with Crippen molar-refractivity contribution in [1.82, 2.24) is 14.9 Å². The Kier molecular flexibility index (Phi) is 3.03. The highest BCUT2D eigenvalue weighted by molar-refractivity contribution is 5.26. The van der Waals surface area contributed by atoms with Crippen LogP contribution in [-0.4, -0.2) is 28.7 Å². The molecule has 1 unspecified atom stereocenters. The molecule has 78 valence electrons. The van der Waals surface area contributed by atoms with Crippen LogP contribution in [0.1, 0.15) is 19.8 Å². The van der Waals surface area contributed by atoms with E-state index in [4.69, 9.17) is 0 Å². The molecule has 2 rings (SSSR count). The molecule has 1 aliphatic heterocycles. The van der Waals surface area contributed by atoms with Crippen molar-refractivity contribution in [2.75, 3.05) is 18.4 Å². The van der Waals surface area contributed by atoms with E-state index in [-0.39, 0.29) is 0 Å². The Balaban J connectivity index is 1.84. The third-order valence-electron chi connectivity index (χ3n) is 2.73. The first kappa shape index (κ1) is 9.52. The number of nitrogens with zero attached hydrogens (tertiary/aromatic N) is 2. The van der Waals surface area contributed by atoms with Crippen molar-refractivity contribution in [2.24, 2.45) is 0 Å². The number of nitrogens with one attached hydrogen (secondary N) is 2. The van der Waals surface area contributed by atoms with E-state index in [0.717, 1.165) is 25.6 Å². The number of hydrogen-bond acceptors (Lipinski definition) is 3. The Morgan fingerprint density at radius 3 is 3.36 bits per heavy atom. The summed E-state index contributed by atoms with van der Waals surface area (Å²) >= 11 is 0. The van der Waals surface area contributed by atoms with Crippen LogP contribution in [-0.2, 0) is 6.54 Å². The minimum Gasteiger partial charge on any atom is -0.354 e. The lowest BCUT2D eigenvalue weighted by Gasteiger charge is -2.12. The normalized spacial score (nSPS) is 21.4. The van der Waals surface area contributed by atoms with Gasteiger partial charge >= 0.3 is 0 Å². The van der Waals surface area contributed by atoms with Gasteiger partial charge in [0.25, 0.3) is 0 Å². The van der Waals surface area contributed by atoms with Crippen LogP contribution in [0.2, 0.25) is 0 Å². The molecule has 1 aromatic heterocycles. The molecule has 4 nitrogen and oxygen atoms in total. The van der Waals surface area contributed by atoms with Crippen LogP contribution < -0.4 is 10.6 Å². The van der Waals surface area contributed by atoms with Crippen LogP contribution in [0.15, 0.2) is 12.4 Å². The summed E-state index contributed by atoms with van der Waals surface area (Å²) in [6, 6.07) is 0.622. The molecule has 1 atom stereocenters. The zero-order valence-corrected chi connectivity index (χ0v) is 8.66. The maximum Gasteiger partial charge on any atom is 0.202 e. The van der Waals surface area contributed by atoms with E-state index in [1.54, 1.807) is 0 Å². The highest BCUT2D eigenvalue weighted by atomic mass is 15.2. The van der Waals surface area contributed by atoms with Crippen molar-refractivity contribution in [3.63, 3.8) is 0 Å². The minimum atomic E-state index is 0.622. The first-order chi connectivity index (χ1) is 6.90. The molecule has 0 aliphatic carbocycles. The summed E-state index contributed by atoms with van der Waals surface area (Å²) in [4.78, 5) is 4.27. The predicted molar refractivity (Wildman–Crippen MR) is 57.4 cm³/mol. The van der Waals surface area contributed by atoms with Gasteiger partial charge in [-0.15, -0.1) is 0 Å². The largest absolute Gasteiger partial charge is 0.354 e. The van der Waals surface area contributed by atoms with E-state index >= 15 is 0 Å². The number of aryl methyl sites for hydroxylation is 1. The molecule has 0 spiro atoms. The second-order valence-electron chi connectivity index (χ2n) is 3.71. The second kappa shape index (κ2) is 4.46. The van der Waals surface area contributed by atoms with Gasteiger partial charge in [0.2, 0.25) is 5.95 Å². The summed E-state index contributed by atoms with van der Waals surface area (Å²) in [6.45, 7) is 5.24. The summed E-state index contributed by atoms with van der Waals surface area (Å²) in [5.41, 5.74) is 0. The van der Waals surface area contributed by atoms with Crippen molar-refractivity contribution in [2.45, 2.75) is 32.4 Å². The molecular formula is C10H18N4. The van der Waals surface area contributed by atoms with E-state index < -0.39 is 0 Å². The fourth-order valence-electron chi connectivity index (χ4n) is 1.88. The Morgan fingerprint density at radius 2 is 2.64 bits per heavy atom. The molecule has 1 aromatic rings. The van der Waals surface area contributed by atoms with Crippen LogP contribution in [0.5, 0.6) is 0 Å².